The van der Waals surface area contributed by atoms with Gasteiger partial charge in [-0.2, -0.15) is 17.0 Å². The number of nitriles is 1. The quantitative estimate of drug-likeness (QED) is 0.796. The summed E-state index contributed by atoms with van der Waals surface area (Å²) in [5, 5.41) is 16.6. The first-order valence-corrected chi connectivity index (χ1v) is 6.74. The Kier molecular flexibility index (Phi) is 3.62. The molecule has 2 rings (SSSR count). The summed E-state index contributed by atoms with van der Waals surface area (Å²) in [6.07, 6.45) is 4.57. The fourth-order valence-corrected chi connectivity index (χ4v) is 2.77. The van der Waals surface area contributed by atoms with E-state index in [0.717, 1.165) is 18.1 Å². The van der Waals surface area contributed by atoms with Gasteiger partial charge in [0.05, 0.1) is 0 Å². The lowest BCUT2D eigenvalue weighted by atomic mass is 10.2. The number of aromatic nitrogens is 2. The van der Waals surface area contributed by atoms with Gasteiger partial charge in [0, 0.05) is 18.3 Å². The number of hydrogen-bond donors (Lipinski definition) is 0. The summed E-state index contributed by atoms with van der Waals surface area (Å²) >= 11 is 1.86. The Morgan fingerprint density at radius 3 is 3.06 bits per heavy atom. The van der Waals surface area contributed by atoms with E-state index in [4.69, 9.17) is 5.26 Å². The van der Waals surface area contributed by atoms with Crippen LogP contribution < -0.4 is 4.90 Å². The topological polar surface area (TPSA) is 52.8 Å². The molecule has 0 N–H and O–H groups in total. The van der Waals surface area contributed by atoms with Crippen molar-refractivity contribution >= 4 is 17.6 Å². The van der Waals surface area contributed by atoms with Crippen LogP contribution in [0.15, 0.2) is 12.1 Å². The molecule has 0 aliphatic carbocycles. The van der Waals surface area contributed by atoms with Gasteiger partial charge in [-0.3, -0.25) is 0 Å². The molecule has 1 aromatic heterocycles. The van der Waals surface area contributed by atoms with Crippen LogP contribution in [-0.2, 0) is 0 Å². The lowest BCUT2D eigenvalue weighted by Gasteiger charge is -2.24. The van der Waals surface area contributed by atoms with Gasteiger partial charge < -0.3 is 4.90 Å². The van der Waals surface area contributed by atoms with Crippen LogP contribution in [0, 0.1) is 11.3 Å². The van der Waals surface area contributed by atoms with Crippen molar-refractivity contribution in [1.82, 2.24) is 10.2 Å². The molecule has 0 bridgehead atoms. The summed E-state index contributed by atoms with van der Waals surface area (Å²) in [4.78, 5) is 2.30. The van der Waals surface area contributed by atoms with Gasteiger partial charge >= 0.3 is 0 Å². The van der Waals surface area contributed by atoms with Gasteiger partial charge in [-0.25, -0.2) is 0 Å². The smallest absolute Gasteiger partial charge is 0.163 e. The molecular weight excluding hydrogens is 220 g/mol. The minimum absolute atomic E-state index is 0.379. The Hall–Kier alpha value is -1.28. The molecule has 5 heteroatoms. The Morgan fingerprint density at radius 2 is 2.44 bits per heavy atom. The monoisotopic (exact) mass is 234 g/mol. The van der Waals surface area contributed by atoms with E-state index in [0.29, 0.717) is 11.7 Å². The summed E-state index contributed by atoms with van der Waals surface area (Å²) in [5.41, 5.74) is 0.379. The van der Waals surface area contributed by atoms with E-state index >= 15 is 0 Å². The van der Waals surface area contributed by atoms with E-state index in [1.165, 1.54) is 12.8 Å². The van der Waals surface area contributed by atoms with Gasteiger partial charge in [-0.05, 0) is 31.2 Å². The second-order valence-corrected chi connectivity index (χ2v) is 4.74. The van der Waals surface area contributed by atoms with E-state index in [2.05, 4.69) is 21.4 Å². The van der Waals surface area contributed by atoms with Crippen LogP contribution in [0.4, 0.5) is 5.82 Å². The normalized spacial score (nSPS) is 19.8. The molecule has 1 atom stereocenters. The molecule has 16 heavy (non-hydrogen) atoms. The fourth-order valence-electron chi connectivity index (χ4n) is 2.04. The predicted molar refractivity (Wildman–Crippen MR) is 65.5 cm³/mol. The zero-order valence-corrected chi connectivity index (χ0v) is 10.1. The zero-order chi connectivity index (χ0) is 11.4. The predicted octanol–water partition coefficient (Wildman–Crippen LogP) is 1.68. The Balaban J connectivity index is 2.13. The van der Waals surface area contributed by atoms with Crippen LogP contribution in [0.3, 0.4) is 0 Å². The van der Waals surface area contributed by atoms with Crippen molar-refractivity contribution in [3.05, 3.63) is 17.8 Å². The van der Waals surface area contributed by atoms with E-state index in [1.807, 2.05) is 23.9 Å². The summed E-state index contributed by atoms with van der Waals surface area (Å²) in [5.74, 6) is 2.03. The number of nitrogens with zero attached hydrogens (tertiary/aromatic N) is 4. The second-order valence-electron chi connectivity index (χ2n) is 3.83. The molecule has 4 nitrogen and oxygen atoms in total. The maximum atomic E-state index is 8.66. The molecule has 2 heterocycles. The summed E-state index contributed by atoms with van der Waals surface area (Å²) in [7, 11) is 0. The van der Waals surface area contributed by atoms with E-state index in [1.54, 1.807) is 6.07 Å². The van der Waals surface area contributed by atoms with Crippen LogP contribution in [-0.4, -0.2) is 34.8 Å². The maximum Gasteiger partial charge on any atom is 0.163 e. The molecule has 1 aliphatic rings. The molecule has 1 saturated heterocycles. The molecule has 1 unspecified atom stereocenters. The van der Waals surface area contributed by atoms with Crippen molar-refractivity contribution in [2.75, 3.05) is 23.5 Å². The van der Waals surface area contributed by atoms with Gasteiger partial charge in [0.1, 0.15) is 6.07 Å². The van der Waals surface area contributed by atoms with Gasteiger partial charge in [-0.1, -0.05) is 0 Å². The first-order chi connectivity index (χ1) is 7.85. The average Bonchev–Trinajstić information content (AvgIpc) is 2.78. The average molecular weight is 234 g/mol. The highest BCUT2D eigenvalue weighted by atomic mass is 32.2. The first kappa shape index (κ1) is 11.2. The Bertz CT molecular complexity index is 384. The molecule has 0 amide bonds. The molecule has 84 valence electrons. The standard InChI is InChI=1S/C11H14N4S/c1-16-8-10-3-2-6-15(10)11-5-4-9(7-12)13-14-11/h4-5,10H,2-3,6,8H2,1H3. The van der Waals surface area contributed by atoms with Gasteiger partial charge in [0.25, 0.3) is 0 Å². The molecule has 0 saturated carbocycles. The molecular formula is C11H14N4S. The van der Waals surface area contributed by atoms with Crippen molar-refractivity contribution in [2.45, 2.75) is 18.9 Å². The lowest BCUT2D eigenvalue weighted by molar-refractivity contribution is 0.730. The zero-order valence-electron chi connectivity index (χ0n) is 9.26. The van der Waals surface area contributed by atoms with E-state index in [-0.39, 0.29) is 0 Å². The number of thioether (sulfide) groups is 1. The Morgan fingerprint density at radius 1 is 1.56 bits per heavy atom. The lowest BCUT2D eigenvalue weighted by Crippen LogP contribution is -2.31. The van der Waals surface area contributed by atoms with Gasteiger partial charge in [0.2, 0.25) is 0 Å². The molecule has 1 aliphatic heterocycles. The fraction of sp³-hybridized carbons (Fsp3) is 0.545. The second kappa shape index (κ2) is 5.17. The molecule has 0 radical (unpaired) electrons. The van der Waals surface area contributed by atoms with Crippen LogP contribution in [0.2, 0.25) is 0 Å². The third-order valence-electron chi connectivity index (χ3n) is 2.80. The summed E-state index contributed by atoms with van der Waals surface area (Å²) in [6, 6.07) is 6.18. The van der Waals surface area contributed by atoms with E-state index < -0.39 is 0 Å². The Labute approximate surface area is 99.7 Å². The number of hydrogen-bond acceptors (Lipinski definition) is 5. The highest BCUT2D eigenvalue weighted by molar-refractivity contribution is 7.98. The van der Waals surface area contributed by atoms with Crippen LogP contribution >= 0.6 is 11.8 Å². The molecule has 1 aromatic rings. The van der Waals surface area contributed by atoms with Gasteiger partial charge in [-0.15, -0.1) is 10.2 Å². The van der Waals surface area contributed by atoms with Crippen LogP contribution in [0.1, 0.15) is 18.5 Å². The summed E-state index contributed by atoms with van der Waals surface area (Å²) in [6.45, 7) is 1.05. The minimum atomic E-state index is 0.379. The van der Waals surface area contributed by atoms with Crippen molar-refractivity contribution < 1.29 is 0 Å². The van der Waals surface area contributed by atoms with E-state index in [9.17, 15) is 0 Å². The molecule has 0 aromatic carbocycles. The third-order valence-corrected chi connectivity index (χ3v) is 3.51. The van der Waals surface area contributed by atoms with Crippen molar-refractivity contribution in [3.63, 3.8) is 0 Å². The number of rotatable bonds is 3. The van der Waals surface area contributed by atoms with Crippen molar-refractivity contribution in [2.24, 2.45) is 0 Å². The number of anilines is 1. The SMILES string of the molecule is CSCC1CCCN1c1ccc(C#N)nn1. The third kappa shape index (κ3) is 2.27. The maximum absolute atomic E-state index is 8.66. The first-order valence-electron chi connectivity index (χ1n) is 5.34. The van der Waals surface area contributed by atoms with Crippen molar-refractivity contribution in [1.29, 1.82) is 5.26 Å². The van der Waals surface area contributed by atoms with Crippen LogP contribution in [0.5, 0.6) is 0 Å². The van der Waals surface area contributed by atoms with Crippen LogP contribution in [0.25, 0.3) is 0 Å². The molecule has 0 spiro atoms. The van der Waals surface area contributed by atoms with Crippen molar-refractivity contribution in [3.8, 4) is 6.07 Å². The largest absolute Gasteiger partial charge is 0.351 e. The summed E-state index contributed by atoms with van der Waals surface area (Å²) < 4.78 is 0. The van der Waals surface area contributed by atoms with Gasteiger partial charge in [0.15, 0.2) is 11.5 Å². The molecule has 1 fully saturated rings. The minimum Gasteiger partial charge on any atom is -0.351 e. The highest BCUT2D eigenvalue weighted by Gasteiger charge is 2.25. The highest BCUT2D eigenvalue weighted by Crippen LogP contribution is 2.25.